The van der Waals surface area contributed by atoms with Crippen LogP contribution in [0.15, 0.2) is 42.5 Å². The van der Waals surface area contributed by atoms with Crippen molar-refractivity contribution in [3.05, 3.63) is 70.3 Å². The molecule has 2 rings (SSSR count). The Bertz CT molecular complexity index is 572. The first kappa shape index (κ1) is 14.8. The SMILES string of the molecule is CCCc1cccc(C(N)Cc2cc(C)ccc2C)c1. The minimum absolute atomic E-state index is 0.0762. The van der Waals surface area contributed by atoms with E-state index in [1.807, 2.05) is 0 Å². The fourth-order valence-corrected chi connectivity index (χ4v) is 2.64. The predicted octanol–water partition coefficient (Wildman–Crippen LogP) is 4.50. The molecule has 1 nitrogen and oxygen atoms in total. The quantitative estimate of drug-likeness (QED) is 0.848. The van der Waals surface area contributed by atoms with Crippen LogP contribution in [0, 0.1) is 13.8 Å². The summed E-state index contributed by atoms with van der Waals surface area (Å²) >= 11 is 0. The van der Waals surface area contributed by atoms with Gasteiger partial charge in [0.2, 0.25) is 0 Å². The van der Waals surface area contributed by atoms with Crippen molar-refractivity contribution in [2.75, 3.05) is 0 Å². The summed E-state index contributed by atoms with van der Waals surface area (Å²) in [5, 5.41) is 0. The molecule has 2 aromatic carbocycles. The van der Waals surface area contributed by atoms with Crippen LogP contribution in [0.5, 0.6) is 0 Å². The van der Waals surface area contributed by atoms with Crippen LogP contribution >= 0.6 is 0 Å². The monoisotopic (exact) mass is 267 g/mol. The molecule has 0 aliphatic heterocycles. The molecule has 0 radical (unpaired) electrons. The Labute approximate surface area is 122 Å². The standard InChI is InChI=1S/C19H25N/c1-4-6-16-7-5-8-17(12-16)19(20)13-18-11-14(2)9-10-15(18)3/h5,7-12,19H,4,6,13,20H2,1-3H3. The Kier molecular flexibility index (Phi) is 4.97. The van der Waals surface area contributed by atoms with Gasteiger partial charge in [0.05, 0.1) is 0 Å². The highest BCUT2D eigenvalue weighted by molar-refractivity contribution is 5.33. The third-order valence-electron chi connectivity index (χ3n) is 3.86. The van der Waals surface area contributed by atoms with Crippen LogP contribution in [0.2, 0.25) is 0 Å². The summed E-state index contributed by atoms with van der Waals surface area (Å²) in [6, 6.07) is 15.4. The van der Waals surface area contributed by atoms with Gasteiger partial charge in [0, 0.05) is 6.04 Å². The van der Waals surface area contributed by atoms with Crippen molar-refractivity contribution in [3.63, 3.8) is 0 Å². The van der Waals surface area contributed by atoms with Crippen molar-refractivity contribution < 1.29 is 0 Å². The van der Waals surface area contributed by atoms with Crippen LogP contribution in [-0.2, 0) is 12.8 Å². The molecule has 2 aromatic rings. The van der Waals surface area contributed by atoms with Gasteiger partial charge >= 0.3 is 0 Å². The molecule has 2 N–H and O–H groups in total. The maximum atomic E-state index is 6.41. The van der Waals surface area contributed by atoms with Crippen molar-refractivity contribution in [3.8, 4) is 0 Å². The van der Waals surface area contributed by atoms with Crippen molar-refractivity contribution in [2.45, 2.75) is 46.1 Å². The Morgan fingerprint density at radius 2 is 1.85 bits per heavy atom. The lowest BCUT2D eigenvalue weighted by Gasteiger charge is -2.15. The summed E-state index contributed by atoms with van der Waals surface area (Å²) < 4.78 is 0. The Hall–Kier alpha value is -1.60. The highest BCUT2D eigenvalue weighted by Crippen LogP contribution is 2.21. The highest BCUT2D eigenvalue weighted by atomic mass is 14.6. The second-order valence-electron chi connectivity index (χ2n) is 5.74. The van der Waals surface area contributed by atoms with Gasteiger partial charge in [-0.1, -0.05) is 61.4 Å². The van der Waals surface area contributed by atoms with Gasteiger partial charge in [0.25, 0.3) is 0 Å². The van der Waals surface area contributed by atoms with Crippen LogP contribution in [0.25, 0.3) is 0 Å². The molecule has 1 heteroatoms. The van der Waals surface area contributed by atoms with Crippen molar-refractivity contribution >= 4 is 0 Å². The molecule has 1 unspecified atom stereocenters. The molecule has 0 heterocycles. The fraction of sp³-hybridized carbons (Fsp3) is 0.368. The van der Waals surface area contributed by atoms with E-state index in [1.165, 1.54) is 34.2 Å². The number of nitrogens with two attached hydrogens (primary N) is 1. The van der Waals surface area contributed by atoms with Gasteiger partial charge in [-0.3, -0.25) is 0 Å². The Morgan fingerprint density at radius 1 is 1.05 bits per heavy atom. The number of hydrogen-bond donors (Lipinski definition) is 1. The number of hydrogen-bond acceptors (Lipinski definition) is 1. The largest absolute Gasteiger partial charge is 0.324 e. The Morgan fingerprint density at radius 3 is 2.60 bits per heavy atom. The zero-order valence-corrected chi connectivity index (χ0v) is 12.8. The van der Waals surface area contributed by atoms with Gasteiger partial charge in [-0.25, -0.2) is 0 Å². The minimum Gasteiger partial charge on any atom is -0.324 e. The van der Waals surface area contributed by atoms with E-state index < -0.39 is 0 Å². The molecule has 0 aliphatic carbocycles. The number of benzene rings is 2. The molecule has 0 spiro atoms. The fourth-order valence-electron chi connectivity index (χ4n) is 2.64. The first-order valence-corrected chi connectivity index (χ1v) is 7.50. The maximum Gasteiger partial charge on any atom is 0.0335 e. The topological polar surface area (TPSA) is 26.0 Å². The van der Waals surface area contributed by atoms with E-state index in [1.54, 1.807) is 0 Å². The number of rotatable bonds is 5. The molecule has 20 heavy (non-hydrogen) atoms. The van der Waals surface area contributed by atoms with Crippen molar-refractivity contribution in [1.29, 1.82) is 0 Å². The van der Waals surface area contributed by atoms with Crippen LogP contribution in [0.3, 0.4) is 0 Å². The number of aryl methyl sites for hydroxylation is 3. The smallest absolute Gasteiger partial charge is 0.0335 e. The summed E-state index contributed by atoms with van der Waals surface area (Å²) in [5.74, 6) is 0. The first-order chi connectivity index (χ1) is 9.60. The molecule has 0 aromatic heterocycles. The lowest BCUT2D eigenvalue weighted by molar-refractivity contribution is 0.716. The van der Waals surface area contributed by atoms with E-state index in [4.69, 9.17) is 5.73 Å². The normalized spacial score (nSPS) is 12.4. The molecule has 0 saturated heterocycles. The minimum atomic E-state index is 0.0762. The van der Waals surface area contributed by atoms with E-state index >= 15 is 0 Å². The van der Waals surface area contributed by atoms with Crippen LogP contribution < -0.4 is 5.73 Å². The zero-order chi connectivity index (χ0) is 14.5. The lowest BCUT2D eigenvalue weighted by Crippen LogP contribution is -2.14. The van der Waals surface area contributed by atoms with E-state index in [2.05, 4.69) is 63.2 Å². The summed E-state index contributed by atoms with van der Waals surface area (Å²) in [7, 11) is 0. The van der Waals surface area contributed by atoms with E-state index in [9.17, 15) is 0 Å². The zero-order valence-electron chi connectivity index (χ0n) is 12.8. The molecular weight excluding hydrogens is 242 g/mol. The molecule has 0 amide bonds. The molecule has 106 valence electrons. The summed E-state index contributed by atoms with van der Waals surface area (Å²) in [6.45, 7) is 6.51. The molecule has 1 atom stereocenters. The highest BCUT2D eigenvalue weighted by Gasteiger charge is 2.09. The van der Waals surface area contributed by atoms with E-state index in [0.29, 0.717) is 0 Å². The van der Waals surface area contributed by atoms with Crippen molar-refractivity contribution in [2.24, 2.45) is 5.73 Å². The maximum absolute atomic E-state index is 6.41. The predicted molar refractivity (Wildman–Crippen MR) is 87.0 cm³/mol. The summed E-state index contributed by atoms with van der Waals surface area (Å²) in [4.78, 5) is 0. The van der Waals surface area contributed by atoms with E-state index in [-0.39, 0.29) is 6.04 Å². The van der Waals surface area contributed by atoms with Gasteiger partial charge in [-0.2, -0.15) is 0 Å². The van der Waals surface area contributed by atoms with Gasteiger partial charge < -0.3 is 5.73 Å². The second-order valence-corrected chi connectivity index (χ2v) is 5.74. The summed E-state index contributed by atoms with van der Waals surface area (Å²) in [5.41, 5.74) is 13.0. The lowest BCUT2D eigenvalue weighted by atomic mass is 9.94. The van der Waals surface area contributed by atoms with Gasteiger partial charge in [-0.15, -0.1) is 0 Å². The van der Waals surface area contributed by atoms with Crippen molar-refractivity contribution in [1.82, 2.24) is 0 Å². The molecule has 0 bridgehead atoms. The molecule has 0 fully saturated rings. The van der Waals surface area contributed by atoms with Crippen LogP contribution in [0.4, 0.5) is 0 Å². The van der Waals surface area contributed by atoms with Gasteiger partial charge in [-0.05, 0) is 48.9 Å². The van der Waals surface area contributed by atoms with Gasteiger partial charge in [0.1, 0.15) is 0 Å². The average molecular weight is 267 g/mol. The third-order valence-corrected chi connectivity index (χ3v) is 3.86. The first-order valence-electron chi connectivity index (χ1n) is 7.50. The summed E-state index contributed by atoms with van der Waals surface area (Å²) in [6.07, 6.45) is 3.21. The van der Waals surface area contributed by atoms with Crippen LogP contribution in [0.1, 0.15) is 47.2 Å². The molecule has 0 saturated carbocycles. The van der Waals surface area contributed by atoms with Crippen LogP contribution in [-0.4, -0.2) is 0 Å². The van der Waals surface area contributed by atoms with E-state index in [0.717, 1.165) is 12.8 Å². The average Bonchev–Trinajstić information content (AvgIpc) is 2.43. The molecular formula is C19H25N. The van der Waals surface area contributed by atoms with Gasteiger partial charge in [0.15, 0.2) is 0 Å². The molecule has 0 aliphatic rings. The Balaban J connectivity index is 2.17. The third kappa shape index (κ3) is 3.71. The second kappa shape index (κ2) is 6.71.